The maximum atomic E-state index is 12.3. The largest absolute Gasteiger partial charge is 0.276 e. The average Bonchev–Trinajstić information content (AvgIpc) is 2.90. The van der Waals surface area contributed by atoms with E-state index in [2.05, 4.69) is 22.0 Å². The Labute approximate surface area is 143 Å². The highest BCUT2D eigenvalue weighted by molar-refractivity contribution is 7.89. The van der Waals surface area contributed by atoms with Gasteiger partial charge in [0.25, 0.3) is 10.0 Å². The van der Waals surface area contributed by atoms with Gasteiger partial charge in [-0.25, -0.2) is 0 Å². The highest BCUT2D eigenvalue weighted by Gasteiger charge is 2.14. The molecule has 1 aromatic heterocycles. The first kappa shape index (κ1) is 18.2. The van der Waals surface area contributed by atoms with Gasteiger partial charge in [-0.3, -0.25) is 4.68 Å². The lowest BCUT2D eigenvalue weighted by atomic mass is 10.1. The molecule has 0 spiro atoms. The van der Waals surface area contributed by atoms with E-state index in [-0.39, 0.29) is 4.90 Å². The molecule has 0 bridgehead atoms. The molecule has 1 N–H and O–H groups in total. The molecule has 0 aliphatic rings. The van der Waals surface area contributed by atoms with E-state index in [0.717, 1.165) is 36.1 Å². The summed E-state index contributed by atoms with van der Waals surface area (Å²) in [6, 6.07) is 6.94. The Kier molecular flexibility index (Phi) is 5.77. The third-order valence-electron chi connectivity index (χ3n) is 4.01. The number of nitrogens with zero attached hydrogens (tertiary/aromatic N) is 3. The van der Waals surface area contributed by atoms with Crippen LogP contribution in [0.1, 0.15) is 43.5 Å². The average molecular weight is 348 g/mol. The zero-order valence-electron chi connectivity index (χ0n) is 14.6. The minimum atomic E-state index is -3.67. The quantitative estimate of drug-likeness (QED) is 0.617. The Morgan fingerprint density at radius 1 is 1.29 bits per heavy atom. The molecule has 0 amide bonds. The summed E-state index contributed by atoms with van der Waals surface area (Å²) in [6.07, 6.45) is 4.84. The number of hydrazone groups is 1. The van der Waals surface area contributed by atoms with Crippen LogP contribution in [0, 0.1) is 6.92 Å². The Bertz CT molecular complexity index is 821. The number of hydrogen-bond acceptors (Lipinski definition) is 4. The molecule has 0 fully saturated rings. The van der Waals surface area contributed by atoms with Gasteiger partial charge in [0.1, 0.15) is 0 Å². The molecular formula is C17H24N4O2S. The molecule has 0 saturated heterocycles. The van der Waals surface area contributed by atoms with Gasteiger partial charge in [-0.15, -0.1) is 0 Å². The third-order valence-corrected chi connectivity index (χ3v) is 5.24. The van der Waals surface area contributed by atoms with Crippen LogP contribution in [0.5, 0.6) is 0 Å². The number of rotatable bonds is 7. The van der Waals surface area contributed by atoms with Crippen LogP contribution in [0.25, 0.3) is 0 Å². The van der Waals surface area contributed by atoms with Gasteiger partial charge < -0.3 is 0 Å². The summed E-state index contributed by atoms with van der Waals surface area (Å²) in [5.41, 5.74) is 3.45. The predicted molar refractivity (Wildman–Crippen MR) is 95.5 cm³/mol. The summed E-state index contributed by atoms with van der Waals surface area (Å²) in [7, 11) is -1.84. The zero-order chi connectivity index (χ0) is 17.7. The summed E-state index contributed by atoms with van der Waals surface area (Å²) in [5, 5.41) is 8.15. The summed E-state index contributed by atoms with van der Waals surface area (Å²) in [6.45, 7) is 5.79. The molecule has 0 unspecified atom stereocenters. The van der Waals surface area contributed by atoms with Crippen LogP contribution in [-0.2, 0) is 23.5 Å². The zero-order valence-corrected chi connectivity index (χ0v) is 15.4. The second-order valence-electron chi connectivity index (χ2n) is 5.81. The molecule has 1 aromatic carbocycles. The van der Waals surface area contributed by atoms with Crippen molar-refractivity contribution in [1.29, 1.82) is 0 Å². The first-order chi connectivity index (χ1) is 11.3. The lowest BCUT2D eigenvalue weighted by molar-refractivity contribution is 0.584. The van der Waals surface area contributed by atoms with Gasteiger partial charge in [-0.1, -0.05) is 25.5 Å². The fourth-order valence-corrected chi connectivity index (χ4v) is 3.17. The van der Waals surface area contributed by atoms with Gasteiger partial charge in [-0.2, -0.15) is 23.4 Å². The molecule has 7 heteroatoms. The SMILES string of the molecule is CCCCc1ccc(S(=O)(=O)N/N=C(\C)c2cnn(C)c2C)cc1. The van der Waals surface area contributed by atoms with Crippen LogP contribution in [0.4, 0.5) is 0 Å². The van der Waals surface area contributed by atoms with Crippen molar-refractivity contribution >= 4 is 15.7 Å². The molecule has 2 aromatic rings. The lowest BCUT2D eigenvalue weighted by Crippen LogP contribution is -2.20. The third kappa shape index (κ3) is 4.23. The van der Waals surface area contributed by atoms with E-state index in [0.29, 0.717) is 5.71 Å². The predicted octanol–water partition coefficient (Wildman–Crippen LogP) is 2.77. The van der Waals surface area contributed by atoms with Crippen LogP contribution >= 0.6 is 0 Å². The Hall–Kier alpha value is -2.15. The number of sulfonamides is 1. The molecular weight excluding hydrogens is 324 g/mol. The van der Waals surface area contributed by atoms with Crippen molar-refractivity contribution in [1.82, 2.24) is 14.6 Å². The minimum Gasteiger partial charge on any atom is -0.272 e. The normalized spacial score (nSPS) is 12.4. The summed E-state index contributed by atoms with van der Waals surface area (Å²) in [4.78, 5) is 2.51. The van der Waals surface area contributed by atoms with Gasteiger partial charge >= 0.3 is 0 Å². The highest BCUT2D eigenvalue weighted by atomic mass is 32.2. The van der Waals surface area contributed by atoms with Crippen LogP contribution in [0.15, 0.2) is 40.5 Å². The van der Waals surface area contributed by atoms with Crippen molar-refractivity contribution in [2.45, 2.75) is 44.9 Å². The second-order valence-corrected chi connectivity index (χ2v) is 7.47. The van der Waals surface area contributed by atoms with E-state index in [1.807, 2.05) is 26.1 Å². The summed E-state index contributed by atoms with van der Waals surface area (Å²) in [5.74, 6) is 0. The van der Waals surface area contributed by atoms with Crippen molar-refractivity contribution in [2.75, 3.05) is 0 Å². The van der Waals surface area contributed by atoms with Gasteiger partial charge in [0.2, 0.25) is 0 Å². The van der Waals surface area contributed by atoms with E-state index in [1.165, 1.54) is 0 Å². The van der Waals surface area contributed by atoms with Crippen LogP contribution in [0.2, 0.25) is 0 Å². The lowest BCUT2D eigenvalue weighted by Gasteiger charge is -2.06. The number of nitrogens with one attached hydrogen (secondary N) is 1. The van der Waals surface area contributed by atoms with Gasteiger partial charge in [0, 0.05) is 18.3 Å². The van der Waals surface area contributed by atoms with E-state index in [9.17, 15) is 8.42 Å². The minimum absolute atomic E-state index is 0.210. The van der Waals surface area contributed by atoms with Crippen molar-refractivity contribution in [3.05, 3.63) is 47.3 Å². The number of aromatic nitrogens is 2. The van der Waals surface area contributed by atoms with Gasteiger partial charge in [-0.05, 0) is 44.4 Å². The standard InChI is InChI=1S/C17H24N4O2S/c1-5-6-7-15-8-10-16(11-9-15)24(22,23)20-19-13(2)17-12-18-21(4)14(17)3/h8-12,20H,5-7H2,1-4H3/b19-13+. The van der Waals surface area contributed by atoms with E-state index in [1.54, 1.807) is 29.9 Å². The molecule has 0 atom stereocenters. The fraction of sp³-hybridized carbons (Fsp3) is 0.412. The maximum Gasteiger partial charge on any atom is 0.276 e. The second kappa shape index (κ2) is 7.61. The Morgan fingerprint density at radius 2 is 1.96 bits per heavy atom. The Balaban J connectivity index is 2.13. The van der Waals surface area contributed by atoms with E-state index >= 15 is 0 Å². The smallest absolute Gasteiger partial charge is 0.272 e. The number of benzene rings is 1. The topological polar surface area (TPSA) is 76.3 Å². The molecule has 2 rings (SSSR count). The molecule has 0 saturated carbocycles. The summed E-state index contributed by atoms with van der Waals surface area (Å²) >= 11 is 0. The van der Waals surface area contributed by atoms with E-state index in [4.69, 9.17) is 0 Å². The number of aryl methyl sites for hydroxylation is 2. The first-order valence-corrected chi connectivity index (χ1v) is 9.47. The van der Waals surface area contributed by atoms with Crippen molar-refractivity contribution in [3.8, 4) is 0 Å². The molecule has 0 radical (unpaired) electrons. The summed E-state index contributed by atoms with van der Waals surface area (Å²) < 4.78 is 26.4. The van der Waals surface area contributed by atoms with Crippen LogP contribution < -0.4 is 4.83 Å². The number of hydrogen-bond donors (Lipinski definition) is 1. The molecule has 1 heterocycles. The highest BCUT2D eigenvalue weighted by Crippen LogP contribution is 2.13. The molecule has 24 heavy (non-hydrogen) atoms. The Morgan fingerprint density at radius 3 is 2.50 bits per heavy atom. The van der Waals surface area contributed by atoms with Gasteiger partial charge in [0.15, 0.2) is 0 Å². The van der Waals surface area contributed by atoms with Crippen molar-refractivity contribution < 1.29 is 8.42 Å². The van der Waals surface area contributed by atoms with Crippen molar-refractivity contribution in [3.63, 3.8) is 0 Å². The first-order valence-electron chi connectivity index (χ1n) is 7.99. The fourth-order valence-electron chi connectivity index (χ4n) is 2.31. The van der Waals surface area contributed by atoms with Gasteiger partial charge in [0.05, 0.1) is 16.8 Å². The van der Waals surface area contributed by atoms with E-state index < -0.39 is 10.0 Å². The van der Waals surface area contributed by atoms with Crippen LogP contribution in [0.3, 0.4) is 0 Å². The number of unbranched alkanes of at least 4 members (excludes halogenated alkanes) is 1. The molecule has 0 aliphatic heterocycles. The molecule has 130 valence electrons. The van der Waals surface area contributed by atoms with Crippen molar-refractivity contribution in [2.24, 2.45) is 12.1 Å². The monoisotopic (exact) mass is 348 g/mol. The molecule has 0 aliphatic carbocycles. The van der Waals surface area contributed by atoms with Crippen LogP contribution in [-0.4, -0.2) is 23.9 Å². The molecule has 6 nitrogen and oxygen atoms in total. The maximum absolute atomic E-state index is 12.3.